The molecule has 1 rings (SSSR count). The average molecular weight is 262 g/mol. The van der Waals surface area contributed by atoms with Gasteiger partial charge in [0.2, 0.25) is 0 Å². The van der Waals surface area contributed by atoms with Crippen molar-refractivity contribution in [1.82, 2.24) is 0 Å². The van der Waals surface area contributed by atoms with Gasteiger partial charge in [-0.2, -0.15) is 0 Å². The Morgan fingerprint density at radius 3 is 2.62 bits per heavy atom. The van der Waals surface area contributed by atoms with Crippen molar-refractivity contribution in [3.63, 3.8) is 0 Å². The monoisotopic (exact) mass is 261 g/mol. The second-order valence-corrected chi connectivity index (χ2v) is 3.95. The molecule has 0 bridgehead atoms. The highest BCUT2D eigenvalue weighted by molar-refractivity contribution is 6.31. The molecule has 1 aromatic carbocycles. The smallest absolute Gasteiger partial charge is 0.269 e. The van der Waals surface area contributed by atoms with Crippen LogP contribution in [0.15, 0.2) is 18.2 Å². The first kappa shape index (κ1) is 12.9. The lowest BCUT2D eigenvalue weighted by atomic mass is 10.0. The van der Waals surface area contributed by atoms with Crippen molar-refractivity contribution >= 4 is 34.7 Å². The molecule has 16 heavy (non-hydrogen) atoms. The number of halogens is 2. The third kappa shape index (κ3) is 2.71. The van der Waals surface area contributed by atoms with E-state index in [0.717, 1.165) is 0 Å². The van der Waals surface area contributed by atoms with Crippen LogP contribution in [0.1, 0.15) is 23.4 Å². The number of nitro benzene ring substituents is 1. The molecule has 0 radical (unpaired) electrons. The Hall–Kier alpha value is -1.13. The van der Waals surface area contributed by atoms with Crippen LogP contribution in [0.2, 0.25) is 0 Å². The fourth-order valence-electron chi connectivity index (χ4n) is 1.27. The van der Waals surface area contributed by atoms with E-state index >= 15 is 0 Å². The molecule has 0 aromatic heterocycles. The summed E-state index contributed by atoms with van der Waals surface area (Å²) in [5, 5.41) is 9.70. The minimum Gasteiger partial charge on any atom is -0.298 e. The fourth-order valence-corrected chi connectivity index (χ4v) is 1.72. The molecule has 0 heterocycles. The van der Waals surface area contributed by atoms with Gasteiger partial charge in [0, 0.05) is 18.0 Å². The van der Waals surface area contributed by atoms with Crippen molar-refractivity contribution in [3.05, 3.63) is 39.4 Å². The van der Waals surface area contributed by atoms with Crippen LogP contribution in [0, 0.1) is 10.1 Å². The number of Topliss-reactive ketones (excluding diaryl/α,β-unsaturated/α-hetero) is 1. The summed E-state index contributed by atoms with van der Waals surface area (Å²) in [7, 11) is 0. The van der Waals surface area contributed by atoms with Crippen LogP contribution in [0.5, 0.6) is 0 Å². The molecule has 0 saturated carbocycles. The van der Waals surface area contributed by atoms with E-state index in [2.05, 4.69) is 0 Å². The highest BCUT2D eigenvalue weighted by Crippen LogP contribution is 2.29. The summed E-state index contributed by atoms with van der Waals surface area (Å²) in [4.78, 5) is 21.2. The van der Waals surface area contributed by atoms with Crippen LogP contribution in [0.25, 0.3) is 0 Å². The van der Waals surface area contributed by atoms with Gasteiger partial charge in [0.25, 0.3) is 5.69 Å². The molecule has 1 atom stereocenters. The van der Waals surface area contributed by atoms with Gasteiger partial charge in [-0.05, 0) is 18.1 Å². The van der Waals surface area contributed by atoms with Crippen molar-refractivity contribution in [1.29, 1.82) is 0 Å². The van der Waals surface area contributed by atoms with E-state index in [1.54, 1.807) is 0 Å². The van der Waals surface area contributed by atoms with Crippen molar-refractivity contribution in [3.8, 4) is 0 Å². The number of nitrogens with zero attached hydrogens (tertiary/aromatic N) is 1. The molecular weight excluding hydrogens is 253 g/mol. The van der Waals surface area contributed by atoms with Gasteiger partial charge in [0.1, 0.15) is 5.38 Å². The van der Waals surface area contributed by atoms with E-state index in [1.165, 1.54) is 25.1 Å². The standard InChI is InChI=1S/C10H9Cl2NO3/c1-6(14)10(12)9-4-8(13(15)16)3-2-7(9)5-11/h2-4,10H,5H2,1H3. The first-order valence-corrected chi connectivity index (χ1v) is 5.42. The van der Waals surface area contributed by atoms with Crippen LogP contribution in [-0.4, -0.2) is 10.7 Å². The third-order valence-corrected chi connectivity index (χ3v) is 2.94. The lowest BCUT2D eigenvalue weighted by Crippen LogP contribution is -2.05. The third-order valence-electron chi connectivity index (χ3n) is 2.11. The molecule has 4 nitrogen and oxygen atoms in total. The predicted octanol–water partition coefficient (Wildman–Crippen LogP) is 3.20. The summed E-state index contributed by atoms with van der Waals surface area (Å²) in [5.74, 6) is -0.113. The number of non-ortho nitro benzene ring substituents is 1. The average Bonchev–Trinajstić information content (AvgIpc) is 2.26. The largest absolute Gasteiger partial charge is 0.298 e. The molecule has 1 unspecified atom stereocenters. The zero-order valence-electron chi connectivity index (χ0n) is 8.44. The second-order valence-electron chi connectivity index (χ2n) is 3.25. The number of ketones is 1. The minimum atomic E-state index is -0.895. The Morgan fingerprint density at radius 2 is 2.19 bits per heavy atom. The van der Waals surface area contributed by atoms with Gasteiger partial charge in [-0.1, -0.05) is 6.07 Å². The van der Waals surface area contributed by atoms with E-state index in [4.69, 9.17) is 23.2 Å². The molecule has 0 aliphatic rings. The number of nitro groups is 1. The fraction of sp³-hybridized carbons (Fsp3) is 0.300. The van der Waals surface area contributed by atoms with Crippen molar-refractivity contribution in [2.45, 2.75) is 18.2 Å². The second kappa shape index (κ2) is 5.27. The Morgan fingerprint density at radius 1 is 1.56 bits per heavy atom. The van der Waals surface area contributed by atoms with E-state index in [-0.39, 0.29) is 17.4 Å². The normalized spacial score (nSPS) is 12.2. The predicted molar refractivity (Wildman–Crippen MR) is 61.9 cm³/mol. The summed E-state index contributed by atoms with van der Waals surface area (Å²) in [6.07, 6.45) is 0. The van der Waals surface area contributed by atoms with Gasteiger partial charge in [0.05, 0.1) is 4.92 Å². The van der Waals surface area contributed by atoms with Gasteiger partial charge in [-0.25, -0.2) is 0 Å². The number of carbonyl (C=O) groups is 1. The lowest BCUT2D eigenvalue weighted by Gasteiger charge is -2.10. The SMILES string of the molecule is CC(=O)C(Cl)c1cc([N+](=O)[O-])ccc1CCl. The maximum absolute atomic E-state index is 11.1. The Bertz CT molecular complexity index is 434. The van der Waals surface area contributed by atoms with Gasteiger partial charge < -0.3 is 0 Å². The molecule has 0 aliphatic carbocycles. The van der Waals surface area contributed by atoms with Crippen LogP contribution in [-0.2, 0) is 10.7 Å². The van der Waals surface area contributed by atoms with Gasteiger partial charge in [0.15, 0.2) is 5.78 Å². The van der Waals surface area contributed by atoms with Crippen LogP contribution >= 0.6 is 23.2 Å². The summed E-state index contributed by atoms with van der Waals surface area (Å²) in [6, 6.07) is 4.14. The molecule has 86 valence electrons. The molecule has 6 heteroatoms. The molecule has 0 aliphatic heterocycles. The Labute approximate surface area is 102 Å². The van der Waals surface area contributed by atoms with Crippen molar-refractivity contribution in [2.75, 3.05) is 0 Å². The molecule has 1 aromatic rings. The van der Waals surface area contributed by atoms with Crippen molar-refractivity contribution < 1.29 is 9.72 Å². The summed E-state index contributed by atoms with van der Waals surface area (Å²) < 4.78 is 0. The van der Waals surface area contributed by atoms with Crippen LogP contribution in [0.4, 0.5) is 5.69 Å². The zero-order valence-corrected chi connectivity index (χ0v) is 9.96. The number of alkyl halides is 2. The van der Waals surface area contributed by atoms with Crippen molar-refractivity contribution in [2.24, 2.45) is 0 Å². The molecular formula is C10H9Cl2NO3. The van der Waals surface area contributed by atoms with E-state index in [0.29, 0.717) is 11.1 Å². The lowest BCUT2D eigenvalue weighted by molar-refractivity contribution is -0.384. The summed E-state index contributed by atoms with van der Waals surface area (Å²) >= 11 is 11.5. The van der Waals surface area contributed by atoms with Gasteiger partial charge in [-0.3, -0.25) is 14.9 Å². The zero-order chi connectivity index (χ0) is 12.3. The topological polar surface area (TPSA) is 60.2 Å². The number of hydrogen-bond donors (Lipinski definition) is 0. The first-order valence-electron chi connectivity index (χ1n) is 4.45. The van der Waals surface area contributed by atoms with Crippen LogP contribution in [0.3, 0.4) is 0 Å². The van der Waals surface area contributed by atoms with E-state index < -0.39 is 10.3 Å². The Balaban J connectivity index is 3.27. The molecule has 0 fully saturated rings. The Kier molecular flexibility index (Phi) is 4.26. The molecule has 0 spiro atoms. The molecule has 0 amide bonds. The highest BCUT2D eigenvalue weighted by Gasteiger charge is 2.19. The van der Waals surface area contributed by atoms with Gasteiger partial charge in [-0.15, -0.1) is 23.2 Å². The minimum absolute atomic E-state index is 0.101. The molecule has 0 saturated heterocycles. The maximum atomic E-state index is 11.1. The number of rotatable bonds is 4. The summed E-state index contributed by atoms with van der Waals surface area (Å²) in [5.41, 5.74) is 0.927. The van der Waals surface area contributed by atoms with E-state index in [1.807, 2.05) is 0 Å². The maximum Gasteiger partial charge on any atom is 0.269 e. The number of benzene rings is 1. The highest BCUT2D eigenvalue weighted by atomic mass is 35.5. The molecule has 0 N–H and O–H groups in total. The summed E-state index contributed by atoms with van der Waals surface area (Å²) in [6.45, 7) is 1.33. The van der Waals surface area contributed by atoms with Gasteiger partial charge >= 0.3 is 0 Å². The first-order chi connectivity index (χ1) is 7.47. The van der Waals surface area contributed by atoms with E-state index in [9.17, 15) is 14.9 Å². The quantitative estimate of drug-likeness (QED) is 0.475. The number of hydrogen-bond acceptors (Lipinski definition) is 3. The number of carbonyl (C=O) groups excluding carboxylic acids is 1. The van der Waals surface area contributed by atoms with Crippen LogP contribution < -0.4 is 0 Å².